The molecule has 0 spiro atoms. The number of nitrogens with zero attached hydrogens (tertiary/aromatic N) is 2. The molecule has 0 amide bonds. The van der Waals surface area contributed by atoms with E-state index >= 15 is 0 Å². The number of hydrogen-bond donors (Lipinski definition) is 1. The van der Waals surface area contributed by atoms with Crippen LogP contribution >= 0.6 is 11.3 Å². The Morgan fingerprint density at radius 2 is 1.81 bits per heavy atom. The molecule has 4 aromatic rings. The fourth-order valence-electron chi connectivity index (χ4n) is 3.99. The third-order valence-electron chi connectivity index (χ3n) is 5.74. The quantitative estimate of drug-likeness (QED) is 0.217. The van der Waals surface area contributed by atoms with Crippen LogP contribution in [0.2, 0.25) is 0 Å². The van der Waals surface area contributed by atoms with Gasteiger partial charge in [0.15, 0.2) is 6.10 Å². The van der Waals surface area contributed by atoms with Crippen LogP contribution in [-0.2, 0) is 27.3 Å². The number of benzene rings is 3. The Bertz CT molecular complexity index is 1430. The fourth-order valence-corrected chi connectivity index (χ4v) is 4.95. The number of ether oxygens (including phenoxy) is 2. The number of rotatable bonds is 12. The number of carboxylic acid groups (broad SMARTS) is 1. The zero-order valence-electron chi connectivity index (χ0n) is 20.6. The van der Waals surface area contributed by atoms with Crippen molar-refractivity contribution >= 4 is 33.2 Å². The van der Waals surface area contributed by atoms with E-state index in [1.165, 1.54) is 18.4 Å². The van der Waals surface area contributed by atoms with Crippen LogP contribution in [0.5, 0.6) is 5.75 Å². The Hall–Kier alpha value is -3.95. The first-order valence-electron chi connectivity index (χ1n) is 11.9. The standard InChI is InChI=1S/C28H28N2O6S/c1-3-35-24(27(31)32)17-19-9-12-22(13-10-19)36-16-15-30-23-14-11-21(18-25(23)37-28(30)33)26(29-34-2)20-7-5-4-6-8-20/h4-14,18,24H,3,15-17H2,1-2H3,(H,31,32)/b29-26+. The van der Waals surface area contributed by atoms with Gasteiger partial charge in [-0.25, -0.2) is 4.79 Å². The zero-order valence-corrected chi connectivity index (χ0v) is 21.4. The van der Waals surface area contributed by atoms with E-state index in [1.54, 1.807) is 23.6 Å². The maximum absolute atomic E-state index is 12.7. The zero-order chi connectivity index (χ0) is 26.2. The summed E-state index contributed by atoms with van der Waals surface area (Å²) in [6.45, 7) is 2.81. The van der Waals surface area contributed by atoms with Gasteiger partial charge in [0.1, 0.15) is 25.2 Å². The number of oxime groups is 1. The molecule has 0 aliphatic carbocycles. The highest BCUT2D eigenvalue weighted by Crippen LogP contribution is 2.22. The number of aliphatic carboxylic acids is 1. The smallest absolute Gasteiger partial charge is 0.333 e. The van der Waals surface area contributed by atoms with Crippen molar-refractivity contribution in [2.45, 2.75) is 26.0 Å². The normalized spacial score (nSPS) is 12.4. The molecule has 9 heteroatoms. The SMILES string of the molecule is CCOC(Cc1ccc(OCCn2c(=O)sc3cc(/C(=N/OC)c4ccccc4)ccc32)cc1)C(=O)O. The summed E-state index contributed by atoms with van der Waals surface area (Å²) < 4.78 is 13.7. The van der Waals surface area contributed by atoms with Gasteiger partial charge in [0.2, 0.25) is 0 Å². The second kappa shape index (κ2) is 12.3. The number of fused-ring (bicyclic) bond motifs is 1. The Morgan fingerprint density at radius 3 is 2.49 bits per heavy atom. The van der Waals surface area contributed by atoms with E-state index in [2.05, 4.69) is 5.16 Å². The largest absolute Gasteiger partial charge is 0.492 e. The molecule has 1 N–H and O–H groups in total. The van der Waals surface area contributed by atoms with Crippen LogP contribution in [0.25, 0.3) is 10.2 Å². The molecule has 0 saturated heterocycles. The summed E-state index contributed by atoms with van der Waals surface area (Å²) >= 11 is 1.18. The number of hydrogen-bond acceptors (Lipinski definition) is 7. The number of carboxylic acids is 1. The van der Waals surface area contributed by atoms with E-state index in [9.17, 15) is 14.7 Å². The van der Waals surface area contributed by atoms with E-state index in [4.69, 9.17) is 14.3 Å². The van der Waals surface area contributed by atoms with Crippen molar-refractivity contribution in [1.29, 1.82) is 0 Å². The lowest BCUT2D eigenvalue weighted by atomic mass is 10.0. The summed E-state index contributed by atoms with van der Waals surface area (Å²) in [5, 5.41) is 13.5. The number of thiazole rings is 1. The van der Waals surface area contributed by atoms with Crippen molar-refractivity contribution in [1.82, 2.24) is 4.57 Å². The van der Waals surface area contributed by atoms with Crippen molar-refractivity contribution in [2.75, 3.05) is 20.3 Å². The molecule has 0 bridgehead atoms. The molecular formula is C28H28N2O6S. The summed E-state index contributed by atoms with van der Waals surface area (Å²) in [5.41, 5.74) is 4.15. The first-order chi connectivity index (χ1) is 18.0. The second-order valence-corrected chi connectivity index (χ2v) is 9.16. The monoisotopic (exact) mass is 520 g/mol. The average Bonchev–Trinajstić information content (AvgIpc) is 3.22. The van der Waals surface area contributed by atoms with Crippen LogP contribution in [0.15, 0.2) is 82.7 Å². The van der Waals surface area contributed by atoms with Gasteiger partial charge < -0.3 is 19.4 Å². The van der Waals surface area contributed by atoms with Gasteiger partial charge in [-0.1, -0.05) is 65.0 Å². The highest BCUT2D eigenvalue weighted by molar-refractivity contribution is 7.16. The van der Waals surface area contributed by atoms with Crippen LogP contribution in [0.1, 0.15) is 23.6 Å². The molecule has 0 radical (unpaired) electrons. The summed E-state index contributed by atoms with van der Waals surface area (Å²) in [6, 6.07) is 22.8. The van der Waals surface area contributed by atoms with Crippen LogP contribution in [-0.4, -0.2) is 47.8 Å². The molecule has 1 atom stereocenters. The molecule has 8 nitrogen and oxygen atoms in total. The third kappa shape index (κ3) is 6.44. The molecule has 0 saturated carbocycles. The Morgan fingerprint density at radius 1 is 1.05 bits per heavy atom. The predicted molar refractivity (Wildman–Crippen MR) is 144 cm³/mol. The molecule has 37 heavy (non-hydrogen) atoms. The molecule has 0 aliphatic rings. The van der Waals surface area contributed by atoms with Gasteiger partial charge >= 0.3 is 10.8 Å². The van der Waals surface area contributed by atoms with Gasteiger partial charge in [-0.05, 0) is 36.8 Å². The average molecular weight is 521 g/mol. The molecule has 0 aliphatic heterocycles. The van der Waals surface area contributed by atoms with Gasteiger partial charge in [-0.15, -0.1) is 0 Å². The van der Waals surface area contributed by atoms with Crippen molar-refractivity contribution in [3.05, 3.63) is 99.2 Å². The fraction of sp³-hybridized carbons (Fsp3) is 0.250. The van der Waals surface area contributed by atoms with Gasteiger partial charge in [0, 0.05) is 24.2 Å². The first kappa shape index (κ1) is 26.1. The van der Waals surface area contributed by atoms with Crippen LogP contribution in [0.3, 0.4) is 0 Å². The lowest BCUT2D eigenvalue weighted by Crippen LogP contribution is -2.26. The third-order valence-corrected chi connectivity index (χ3v) is 6.68. The van der Waals surface area contributed by atoms with E-state index in [0.717, 1.165) is 26.9 Å². The maximum atomic E-state index is 12.7. The molecule has 1 unspecified atom stereocenters. The highest BCUT2D eigenvalue weighted by Gasteiger charge is 2.18. The first-order valence-corrected chi connectivity index (χ1v) is 12.7. The minimum absolute atomic E-state index is 0.0633. The molecule has 192 valence electrons. The van der Waals surface area contributed by atoms with Crippen molar-refractivity contribution < 1.29 is 24.2 Å². The van der Waals surface area contributed by atoms with Crippen LogP contribution in [0, 0.1) is 0 Å². The minimum Gasteiger partial charge on any atom is -0.492 e. The molecule has 3 aromatic carbocycles. The Kier molecular flexibility index (Phi) is 8.71. The molecule has 1 aromatic heterocycles. The van der Waals surface area contributed by atoms with Crippen LogP contribution < -0.4 is 9.61 Å². The molecule has 0 fully saturated rings. The van der Waals surface area contributed by atoms with Gasteiger partial charge in [-0.2, -0.15) is 0 Å². The highest BCUT2D eigenvalue weighted by atomic mass is 32.1. The second-order valence-electron chi connectivity index (χ2n) is 8.17. The Labute approximate surface area is 218 Å². The van der Waals surface area contributed by atoms with Crippen molar-refractivity contribution in [2.24, 2.45) is 5.16 Å². The summed E-state index contributed by atoms with van der Waals surface area (Å²) in [5.74, 6) is -0.338. The maximum Gasteiger partial charge on any atom is 0.333 e. The molecular weight excluding hydrogens is 492 g/mol. The lowest BCUT2D eigenvalue weighted by molar-refractivity contribution is -0.149. The predicted octanol–water partition coefficient (Wildman–Crippen LogP) is 4.57. The van der Waals surface area contributed by atoms with Gasteiger partial charge in [-0.3, -0.25) is 9.36 Å². The van der Waals surface area contributed by atoms with Crippen molar-refractivity contribution in [3.63, 3.8) is 0 Å². The number of carbonyl (C=O) groups is 1. The van der Waals surface area contributed by atoms with E-state index in [1.807, 2.05) is 60.7 Å². The number of aromatic nitrogens is 1. The topological polar surface area (TPSA) is 99.4 Å². The lowest BCUT2D eigenvalue weighted by Gasteiger charge is -2.13. The van der Waals surface area contributed by atoms with E-state index in [0.29, 0.717) is 31.2 Å². The summed E-state index contributed by atoms with van der Waals surface area (Å²) in [7, 11) is 1.51. The van der Waals surface area contributed by atoms with Crippen molar-refractivity contribution in [3.8, 4) is 5.75 Å². The summed E-state index contributed by atoms with van der Waals surface area (Å²) in [6.07, 6.45) is -0.594. The van der Waals surface area contributed by atoms with Gasteiger partial charge in [0.25, 0.3) is 0 Å². The molecule has 1 heterocycles. The van der Waals surface area contributed by atoms with Crippen LogP contribution in [0.4, 0.5) is 0 Å². The van der Waals surface area contributed by atoms with E-state index < -0.39 is 12.1 Å². The molecule has 4 rings (SSSR count). The Balaban J connectivity index is 1.43. The summed E-state index contributed by atoms with van der Waals surface area (Å²) in [4.78, 5) is 29.0. The van der Waals surface area contributed by atoms with E-state index in [-0.39, 0.29) is 11.3 Å². The van der Waals surface area contributed by atoms with Gasteiger partial charge in [0.05, 0.1) is 16.8 Å². The minimum atomic E-state index is -0.981.